The topological polar surface area (TPSA) is 44.1 Å². The molecule has 0 radical (unpaired) electrons. The monoisotopic (exact) mass is 302 g/mol. The molecule has 19 heavy (non-hydrogen) atoms. The van der Waals surface area contributed by atoms with Gasteiger partial charge in [0.15, 0.2) is 0 Å². The number of aromatic nitrogens is 2. The lowest BCUT2D eigenvalue weighted by Crippen LogP contribution is -2.24. The van der Waals surface area contributed by atoms with Crippen LogP contribution in [0, 0.1) is 5.82 Å². The Kier molecular flexibility index (Phi) is 4.07. The first-order valence-corrected chi connectivity index (χ1v) is 6.02. The minimum Gasteiger partial charge on any atom is -0.497 e. The summed E-state index contributed by atoms with van der Waals surface area (Å²) in [5.41, 5.74) is -0.266. The molecule has 0 aliphatic heterocycles. The molecule has 4 nitrogen and oxygen atoms in total. The molecule has 0 aliphatic rings. The highest BCUT2D eigenvalue weighted by molar-refractivity contribution is 6.41. The van der Waals surface area contributed by atoms with Crippen molar-refractivity contribution in [3.8, 4) is 5.75 Å². The van der Waals surface area contributed by atoms with Gasteiger partial charge < -0.3 is 4.74 Å². The average molecular weight is 303 g/mol. The first-order valence-electron chi connectivity index (χ1n) is 5.26. The number of hydrogen-bond donors (Lipinski definition) is 0. The lowest BCUT2D eigenvalue weighted by molar-refractivity contribution is 0.410. The molecule has 0 atom stereocenters. The molecular formula is C12H9Cl2FN2O2. The van der Waals surface area contributed by atoms with E-state index in [1.54, 1.807) is 6.07 Å². The highest BCUT2D eigenvalue weighted by Crippen LogP contribution is 2.18. The molecule has 1 heterocycles. The Morgan fingerprint density at radius 1 is 1.42 bits per heavy atom. The third-order valence-electron chi connectivity index (χ3n) is 2.52. The third-order valence-corrected chi connectivity index (χ3v) is 3.27. The van der Waals surface area contributed by atoms with Crippen LogP contribution in [0.4, 0.5) is 4.39 Å². The number of ether oxygens (including phenoxy) is 1. The molecule has 2 rings (SSSR count). The Morgan fingerprint density at radius 3 is 2.79 bits per heavy atom. The van der Waals surface area contributed by atoms with E-state index >= 15 is 0 Å². The van der Waals surface area contributed by atoms with Crippen molar-refractivity contribution in [3.05, 3.63) is 56.2 Å². The molecule has 0 N–H and O–H groups in total. The van der Waals surface area contributed by atoms with Crippen LogP contribution in [-0.4, -0.2) is 16.9 Å². The van der Waals surface area contributed by atoms with Gasteiger partial charge in [-0.05, 0) is 6.07 Å². The van der Waals surface area contributed by atoms with E-state index in [1.807, 2.05) is 0 Å². The van der Waals surface area contributed by atoms with Gasteiger partial charge in [-0.25, -0.2) is 9.07 Å². The molecule has 0 bridgehead atoms. The Balaban J connectivity index is 2.37. The van der Waals surface area contributed by atoms with Crippen molar-refractivity contribution in [1.82, 2.24) is 9.78 Å². The predicted octanol–water partition coefficient (Wildman–Crippen LogP) is 2.75. The summed E-state index contributed by atoms with van der Waals surface area (Å²) < 4.78 is 19.7. The number of nitrogens with zero attached hydrogens (tertiary/aromatic N) is 2. The number of methoxy groups -OCH3 is 1. The van der Waals surface area contributed by atoms with E-state index in [0.29, 0.717) is 11.3 Å². The molecule has 0 aliphatic carbocycles. The van der Waals surface area contributed by atoms with Crippen LogP contribution in [0.15, 0.2) is 29.2 Å². The molecule has 0 unspecified atom stereocenters. The second-order valence-electron chi connectivity index (χ2n) is 3.73. The maximum atomic E-state index is 13.8. The van der Waals surface area contributed by atoms with Crippen LogP contribution >= 0.6 is 23.2 Å². The molecule has 100 valence electrons. The van der Waals surface area contributed by atoms with E-state index in [-0.39, 0.29) is 16.6 Å². The van der Waals surface area contributed by atoms with Crippen LogP contribution in [0.3, 0.4) is 0 Å². The van der Waals surface area contributed by atoms with Crippen LogP contribution in [0.5, 0.6) is 5.75 Å². The van der Waals surface area contributed by atoms with Gasteiger partial charge in [0.2, 0.25) is 0 Å². The van der Waals surface area contributed by atoms with Crippen molar-refractivity contribution in [2.24, 2.45) is 0 Å². The van der Waals surface area contributed by atoms with Crippen LogP contribution in [0.1, 0.15) is 5.56 Å². The number of halogens is 3. The fourth-order valence-corrected chi connectivity index (χ4v) is 1.77. The smallest absolute Gasteiger partial charge is 0.287 e. The Bertz CT molecular complexity index is 673. The largest absolute Gasteiger partial charge is 0.497 e. The van der Waals surface area contributed by atoms with E-state index in [4.69, 9.17) is 27.9 Å². The van der Waals surface area contributed by atoms with Crippen molar-refractivity contribution >= 4 is 23.2 Å². The van der Waals surface area contributed by atoms with Crippen molar-refractivity contribution in [2.75, 3.05) is 7.11 Å². The predicted molar refractivity (Wildman–Crippen MR) is 70.6 cm³/mol. The summed E-state index contributed by atoms with van der Waals surface area (Å²) in [5.74, 6) is -0.0881. The number of benzene rings is 1. The van der Waals surface area contributed by atoms with Crippen LogP contribution in [-0.2, 0) is 6.54 Å². The highest BCUT2D eigenvalue weighted by atomic mass is 35.5. The van der Waals surface area contributed by atoms with Crippen LogP contribution < -0.4 is 10.3 Å². The molecule has 0 spiro atoms. The molecule has 0 saturated carbocycles. The normalized spacial score (nSPS) is 10.5. The fraction of sp³-hybridized carbons (Fsp3) is 0.167. The number of rotatable bonds is 3. The summed E-state index contributed by atoms with van der Waals surface area (Å²) >= 11 is 11.4. The maximum absolute atomic E-state index is 13.8. The molecule has 0 fully saturated rings. The zero-order chi connectivity index (χ0) is 14.0. The fourth-order valence-electron chi connectivity index (χ4n) is 1.50. The van der Waals surface area contributed by atoms with Gasteiger partial charge in [0.1, 0.15) is 16.6 Å². The van der Waals surface area contributed by atoms with Crippen molar-refractivity contribution in [3.63, 3.8) is 0 Å². The zero-order valence-electron chi connectivity index (χ0n) is 9.86. The van der Waals surface area contributed by atoms with Gasteiger partial charge in [-0.15, -0.1) is 0 Å². The summed E-state index contributed by atoms with van der Waals surface area (Å²) in [6.07, 6.45) is 1.24. The summed E-state index contributed by atoms with van der Waals surface area (Å²) in [6, 6.07) is 4.35. The van der Waals surface area contributed by atoms with Crippen molar-refractivity contribution in [2.45, 2.75) is 6.54 Å². The molecule has 1 aromatic carbocycles. The summed E-state index contributed by atoms with van der Waals surface area (Å²) in [5, 5.41) is 3.74. The quantitative estimate of drug-likeness (QED) is 0.875. The van der Waals surface area contributed by atoms with Gasteiger partial charge in [0, 0.05) is 11.6 Å². The van der Waals surface area contributed by atoms with Crippen LogP contribution in [0.25, 0.3) is 0 Å². The van der Waals surface area contributed by atoms with E-state index in [9.17, 15) is 9.18 Å². The maximum Gasteiger partial charge on any atom is 0.287 e. The molecular weight excluding hydrogens is 294 g/mol. The van der Waals surface area contributed by atoms with E-state index in [2.05, 4.69) is 5.10 Å². The highest BCUT2D eigenvalue weighted by Gasteiger charge is 2.10. The zero-order valence-corrected chi connectivity index (χ0v) is 11.4. The molecule has 1 aromatic heterocycles. The average Bonchev–Trinajstić information content (AvgIpc) is 2.41. The molecule has 2 aromatic rings. The van der Waals surface area contributed by atoms with Gasteiger partial charge in [-0.3, -0.25) is 4.79 Å². The van der Waals surface area contributed by atoms with Gasteiger partial charge in [0.05, 0.1) is 24.9 Å². The van der Waals surface area contributed by atoms with E-state index < -0.39 is 11.4 Å². The Hall–Kier alpha value is -1.59. The second kappa shape index (κ2) is 5.59. The summed E-state index contributed by atoms with van der Waals surface area (Å²) in [7, 11) is 1.44. The first-order chi connectivity index (χ1) is 9.02. The summed E-state index contributed by atoms with van der Waals surface area (Å²) in [4.78, 5) is 11.8. The lowest BCUT2D eigenvalue weighted by Gasteiger charge is -2.08. The minimum atomic E-state index is -0.565. The first kappa shape index (κ1) is 13.8. The number of hydrogen-bond acceptors (Lipinski definition) is 3. The molecule has 0 saturated heterocycles. The summed E-state index contributed by atoms with van der Waals surface area (Å²) in [6.45, 7) is -0.0362. The third kappa shape index (κ3) is 2.88. The van der Waals surface area contributed by atoms with E-state index in [0.717, 1.165) is 4.68 Å². The standard InChI is InChI=1S/C12H9Cl2FN2O2/c1-19-8-3-2-7(10(15)4-8)6-17-12(18)11(14)9(13)5-16-17/h2-5H,6H2,1H3. The lowest BCUT2D eigenvalue weighted by atomic mass is 10.2. The Morgan fingerprint density at radius 2 is 2.16 bits per heavy atom. The van der Waals surface area contributed by atoms with Crippen molar-refractivity contribution in [1.29, 1.82) is 0 Å². The van der Waals surface area contributed by atoms with Crippen LogP contribution in [0.2, 0.25) is 10.0 Å². The second-order valence-corrected chi connectivity index (χ2v) is 4.51. The Labute approximate surface area is 118 Å². The van der Waals surface area contributed by atoms with Crippen molar-refractivity contribution < 1.29 is 9.13 Å². The van der Waals surface area contributed by atoms with Gasteiger partial charge in [0.25, 0.3) is 5.56 Å². The van der Waals surface area contributed by atoms with E-state index in [1.165, 1.54) is 25.4 Å². The SMILES string of the molecule is COc1ccc(Cn2ncc(Cl)c(Cl)c2=O)c(F)c1. The molecule has 7 heteroatoms. The van der Waals surface area contributed by atoms with Gasteiger partial charge >= 0.3 is 0 Å². The van der Waals surface area contributed by atoms with Gasteiger partial charge in [-0.2, -0.15) is 5.10 Å². The molecule has 0 amide bonds. The van der Waals surface area contributed by atoms with Gasteiger partial charge in [-0.1, -0.05) is 29.3 Å². The minimum absolute atomic E-state index is 0.0362.